The summed E-state index contributed by atoms with van der Waals surface area (Å²) in [7, 11) is 0. The van der Waals surface area contributed by atoms with Crippen LogP contribution in [0.4, 0.5) is 0 Å². The SMILES string of the molecule is CC(C)(C)CCCCN1CC(c2ccc(C(C)(C)C)cc2)C1. The highest BCUT2D eigenvalue weighted by atomic mass is 15.2. The molecule has 1 aliphatic heterocycles. The van der Waals surface area contributed by atoms with Crippen LogP contribution >= 0.6 is 0 Å². The van der Waals surface area contributed by atoms with Crippen molar-refractivity contribution < 1.29 is 0 Å². The molecule has 0 atom stereocenters. The van der Waals surface area contributed by atoms with Crippen molar-refractivity contribution in [3.63, 3.8) is 0 Å². The lowest BCUT2D eigenvalue weighted by Crippen LogP contribution is -2.45. The Morgan fingerprint density at radius 3 is 2.00 bits per heavy atom. The zero-order valence-corrected chi connectivity index (χ0v) is 15.6. The van der Waals surface area contributed by atoms with Crippen LogP contribution in [0.3, 0.4) is 0 Å². The fourth-order valence-corrected chi connectivity index (χ4v) is 3.21. The summed E-state index contributed by atoms with van der Waals surface area (Å²) in [5, 5.41) is 0. The molecule has 1 aromatic carbocycles. The molecule has 1 fully saturated rings. The molecule has 2 rings (SSSR count). The monoisotopic (exact) mass is 301 g/mol. The van der Waals surface area contributed by atoms with Gasteiger partial charge in [0.1, 0.15) is 0 Å². The molecule has 1 heterocycles. The fourth-order valence-electron chi connectivity index (χ4n) is 3.21. The van der Waals surface area contributed by atoms with E-state index in [-0.39, 0.29) is 5.41 Å². The molecule has 1 heteroatoms. The molecule has 0 spiro atoms. The van der Waals surface area contributed by atoms with Crippen molar-refractivity contribution >= 4 is 0 Å². The summed E-state index contributed by atoms with van der Waals surface area (Å²) in [4.78, 5) is 2.62. The van der Waals surface area contributed by atoms with Crippen molar-refractivity contribution in [2.75, 3.05) is 19.6 Å². The fraction of sp³-hybridized carbons (Fsp3) is 0.714. The number of rotatable bonds is 5. The molecule has 0 aromatic heterocycles. The molecule has 124 valence electrons. The summed E-state index contributed by atoms with van der Waals surface area (Å²) in [6, 6.07) is 9.34. The van der Waals surface area contributed by atoms with E-state index in [2.05, 4.69) is 70.7 Å². The van der Waals surface area contributed by atoms with Gasteiger partial charge in [0.25, 0.3) is 0 Å². The van der Waals surface area contributed by atoms with Crippen molar-refractivity contribution in [3.05, 3.63) is 35.4 Å². The van der Waals surface area contributed by atoms with Gasteiger partial charge in [-0.25, -0.2) is 0 Å². The van der Waals surface area contributed by atoms with E-state index in [1.165, 1.54) is 50.0 Å². The van der Waals surface area contributed by atoms with Crippen molar-refractivity contribution in [2.24, 2.45) is 5.41 Å². The second kappa shape index (κ2) is 6.74. The Morgan fingerprint density at radius 2 is 1.50 bits per heavy atom. The number of hydrogen-bond donors (Lipinski definition) is 0. The Labute approximate surface area is 138 Å². The Bertz CT molecular complexity index is 452. The quantitative estimate of drug-likeness (QED) is 0.640. The topological polar surface area (TPSA) is 3.24 Å². The second-order valence-electron chi connectivity index (χ2n) is 9.35. The number of unbranched alkanes of at least 4 members (excludes halogenated alkanes) is 1. The Balaban J connectivity index is 1.70. The van der Waals surface area contributed by atoms with Crippen molar-refractivity contribution in [3.8, 4) is 0 Å². The Kier molecular flexibility index (Phi) is 5.37. The third kappa shape index (κ3) is 5.12. The van der Waals surface area contributed by atoms with Gasteiger partial charge in [-0.3, -0.25) is 0 Å². The third-order valence-corrected chi connectivity index (χ3v) is 4.86. The number of hydrogen-bond acceptors (Lipinski definition) is 1. The van der Waals surface area contributed by atoms with Crippen LogP contribution in [0, 0.1) is 5.41 Å². The largest absolute Gasteiger partial charge is 0.302 e. The van der Waals surface area contributed by atoms with Crippen LogP contribution in [0.5, 0.6) is 0 Å². The van der Waals surface area contributed by atoms with E-state index >= 15 is 0 Å². The lowest BCUT2D eigenvalue weighted by Gasteiger charge is -2.40. The van der Waals surface area contributed by atoms with Gasteiger partial charge in [0.15, 0.2) is 0 Å². The van der Waals surface area contributed by atoms with Gasteiger partial charge in [-0.05, 0) is 41.3 Å². The molecule has 1 saturated heterocycles. The van der Waals surface area contributed by atoms with Gasteiger partial charge in [0, 0.05) is 19.0 Å². The normalized spacial score (nSPS) is 17.5. The van der Waals surface area contributed by atoms with Gasteiger partial charge in [0.2, 0.25) is 0 Å². The first-order valence-corrected chi connectivity index (χ1v) is 8.98. The number of nitrogens with zero attached hydrogens (tertiary/aromatic N) is 1. The maximum atomic E-state index is 2.62. The summed E-state index contributed by atoms with van der Waals surface area (Å²) in [5.41, 5.74) is 3.72. The summed E-state index contributed by atoms with van der Waals surface area (Å²) >= 11 is 0. The smallest absolute Gasteiger partial charge is 0.00936 e. The molecule has 0 N–H and O–H groups in total. The molecule has 0 saturated carbocycles. The lowest BCUT2D eigenvalue weighted by molar-refractivity contribution is 0.143. The summed E-state index contributed by atoms with van der Waals surface area (Å²) in [5.74, 6) is 0.761. The first-order valence-electron chi connectivity index (χ1n) is 8.98. The van der Waals surface area contributed by atoms with Crippen molar-refractivity contribution in [2.45, 2.75) is 72.1 Å². The summed E-state index contributed by atoms with van der Waals surface area (Å²) < 4.78 is 0. The molecule has 0 aliphatic carbocycles. The molecule has 1 aliphatic rings. The van der Waals surface area contributed by atoms with Gasteiger partial charge < -0.3 is 4.90 Å². The molecular weight excluding hydrogens is 266 g/mol. The first kappa shape index (κ1) is 17.5. The molecule has 1 nitrogen and oxygen atoms in total. The molecular formula is C21H35N. The molecule has 0 unspecified atom stereocenters. The van der Waals surface area contributed by atoms with Gasteiger partial charge in [0.05, 0.1) is 0 Å². The molecule has 0 amide bonds. The highest BCUT2D eigenvalue weighted by Gasteiger charge is 2.27. The zero-order valence-electron chi connectivity index (χ0n) is 15.6. The highest BCUT2D eigenvalue weighted by molar-refractivity contribution is 5.30. The number of likely N-dealkylation sites (tertiary alicyclic amines) is 1. The second-order valence-corrected chi connectivity index (χ2v) is 9.35. The molecule has 0 bridgehead atoms. The Hall–Kier alpha value is -0.820. The van der Waals surface area contributed by atoms with Crippen molar-refractivity contribution in [1.82, 2.24) is 4.90 Å². The predicted octanol–water partition coefficient (Wildman–Crippen LogP) is 5.60. The average Bonchev–Trinajstić information content (AvgIpc) is 2.34. The first-order chi connectivity index (χ1) is 10.1. The van der Waals surface area contributed by atoms with Crippen LogP contribution in [0.15, 0.2) is 24.3 Å². The Morgan fingerprint density at radius 1 is 0.909 bits per heavy atom. The number of benzene rings is 1. The molecule has 22 heavy (non-hydrogen) atoms. The van der Waals surface area contributed by atoms with Crippen LogP contribution in [-0.4, -0.2) is 24.5 Å². The van der Waals surface area contributed by atoms with Gasteiger partial charge in [-0.15, -0.1) is 0 Å². The molecule has 0 radical (unpaired) electrons. The minimum Gasteiger partial charge on any atom is -0.302 e. The maximum Gasteiger partial charge on any atom is 0.00936 e. The minimum atomic E-state index is 0.261. The van der Waals surface area contributed by atoms with Crippen molar-refractivity contribution in [1.29, 1.82) is 0 Å². The van der Waals surface area contributed by atoms with E-state index in [9.17, 15) is 0 Å². The van der Waals surface area contributed by atoms with Crippen LogP contribution in [-0.2, 0) is 5.41 Å². The maximum absolute atomic E-state index is 2.62. The van der Waals surface area contributed by atoms with Gasteiger partial charge in [-0.2, -0.15) is 0 Å². The molecule has 1 aromatic rings. The van der Waals surface area contributed by atoms with E-state index in [1.807, 2.05) is 0 Å². The zero-order chi connectivity index (χ0) is 16.4. The summed E-state index contributed by atoms with van der Waals surface area (Å²) in [6.07, 6.45) is 4.07. The van der Waals surface area contributed by atoms with E-state index in [0.717, 1.165) is 5.92 Å². The summed E-state index contributed by atoms with van der Waals surface area (Å²) in [6.45, 7) is 17.7. The standard InChI is InChI=1S/C21H35N/c1-20(2,3)13-7-8-14-22-15-18(16-22)17-9-11-19(12-10-17)21(4,5)6/h9-12,18H,7-8,13-16H2,1-6H3. The van der Waals surface area contributed by atoms with Gasteiger partial charge in [-0.1, -0.05) is 72.2 Å². The van der Waals surface area contributed by atoms with E-state index in [4.69, 9.17) is 0 Å². The highest BCUT2D eigenvalue weighted by Crippen LogP contribution is 2.30. The average molecular weight is 302 g/mol. The van der Waals surface area contributed by atoms with E-state index < -0.39 is 0 Å². The van der Waals surface area contributed by atoms with Gasteiger partial charge >= 0.3 is 0 Å². The third-order valence-electron chi connectivity index (χ3n) is 4.86. The van der Waals surface area contributed by atoms with Crippen LogP contribution in [0.1, 0.15) is 77.8 Å². The lowest BCUT2D eigenvalue weighted by atomic mass is 9.84. The van der Waals surface area contributed by atoms with Crippen LogP contribution in [0.25, 0.3) is 0 Å². The van der Waals surface area contributed by atoms with Crippen LogP contribution in [0.2, 0.25) is 0 Å². The minimum absolute atomic E-state index is 0.261. The predicted molar refractivity (Wildman–Crippen MR) is 97.6 cm³/mol. The van der Waals surface area contributed by atoms with E-state index in [1.54, 1.807) is 0 Å². The van der Waals surface area contributed by atoms with E-state index in [0.29, 0.717) is 5.41 Å². The van der Waals surface area contributed by atoms with Crippen LogP contribution < -0.4 is 0 Å².